The maximum absolute atomic E-state index is 12.2. The molecule has 0 saturated heterocycles. The van der Waals surface area contributed by atoms with Crippen molar-refractivity contribution >= 4 is 17.5 Å². The second-order valence-corrected chi connectivity index (χ2v) is 5.95. The van der Waals surface area contributed by atoms with Gasteiger partial charge in [-0.05, 0) is 19.8 Å². The minimum Gasteiger partial charge on any atom is -0.351 e. The molecule has 0 aromatic carbocycles. The van der Waals surface area contributed by atoms with Gasteiger partial charge in [-0.2, -0.15) is 5.10 Å². The lowest BCUT2D eigenvalue weighted by Crippen LogP contribution is -2.40. The molecule has 2 rings (SSSR count). The van der Waals surface area contributed by atoms with Crippen LogP contribution in [0, 0.1) is 12.3 Å². The first-order valence-electron chi connectivity index (χ1n) is 6.91. The van der Waals surface area contributed by atoms with Crippen LogP contribution < -0.4 is 5.32 Å². The summed E-state index contributed by atoms with van der Waals surface area (Å²) in [5.74, 6) is 0.583. The van der Waals surface area contributed by atoms with Gasteiger partial charge in [0.1, 0.15) is 0 Å². The van der Waals surface area contributed by atoms with Crippen LogP contribution in [-0.4, -0.2) is 28.1 Å². The quantitative estimate of drug-likeness (QED) is 0.864. The normalized spacial score (nSPS) is 18.3. The fourth-order valence-corrected chi connectivity index (χ4v) is 3.21. The Morgan fingerprint density at radius 1 is 1.47 bits per heavy atom. The molecule has 106 valence electrons. The van der Waals surface area contributed by atoms with Crippen molar-refractivity contribution in [1.82, 2.24) is 15.1 Å². The van der Waals surface area contributed by atoms with Crippen molar-refractivity contribution in [2.75, 3.05) is 12.4 Å². The summed E-state index contributed by atoms with van der Waals surface area (Å²) in [6.45, 7) is 2.52. The molecule has 0 unspecified atom stereocenters. The summed E-state index contributed by atoms with van der Waals surface area (Å²) in [6, 6.07) is 0. The molecule has 0 aliphatic heterocycles. The van der Waals surface area contributed by atoms with E-state index in [9.17, 15) is 4.79 Å². The summed E-state index contributed by atoms with van der Waals surface area (Å²) < 4.78 is 1.67. The van der Waals surface area contributed by atoms with Crippen LogP contribution in [0.5, 0.6) is 0 Å². The number of hydrogen-bond acceptors (Lipinski definition) is 2. The molecule has 0 radical (unpaired) electrons. The van der Waals surface area contributed by atoms with Crippen LogP contribution in [-0.2, 0) is 7.05 Å². The highest BCUT2D eigenvalue weighted by Gasteiger charge is 2.31. The Hall–Kier alpha value is -1.03. The van der Waals surface area contributed by atoms with Gasteiger partial charge in [-0.3, -0.25) is 9.48 Å². The lowest BCUT2D eigenvalue weighted by atomic mass is 9.75. The van der Waals surface area contributed by atoms with Gasteiger partial charge < -0.3 is 5.32 Å². The first-order valence-corrected chi connectivity index (χ1v) is 7.44. The monoisotopic (exact) mass is 283 g/mol. The molecule has 1 aliphatic rings. The highest BCUT2D eigenvalue weighted by molar-refractivity contribution is 6.18. The Morgan fingerprint density at radius 3 is 2.68 bits per heavy atom. The van der Waals surface area contributed by atoms with Crippen molar-refractivity contribution in [2.24, 2.45) is 12.5 Å². The van der Waals surface area contributed by atoms with E-state index in [1.165, 1.54) is 19.3 Å². The van der Waals surface area contributed by atoms with E-state index in [1.807, 2.05) is 14.0 Å². The summed E-state index contributed by atoms with van der Waals surface area (Å²) >= 11 is 6.13. The van der Waals surface area contributed by atoms with Crippen LogP contribution in [0.2, 0.25) is 0 Å². The molecule has 0 atom stereocenters. The predicted octanol–water partition coefficient (Wildman–Crippen LogP) is 2.65. The minimum atomic E-state index is -0.0411. The lowest BCUT2D eigenvalue weighted by Gasteiger charge is -2.35. The first-order chi connectivity index (χ1) is 9.06. The zero-order valence-corrected chi connectivity index (χ0v) is 12.5. The Bertz CT molecular complexity index is 450. The Kier molecular flexibility index (Phi) is 4.50. The standard InChI is InChI=1S/C14H22ClN3O/c1-11-12(8-18(2)17-11)13(19)16-10-14(9-15)6-4-3-5-7-14/h8H,3-7,9-10H2,1-2H3,(H,16,19). The molecule has 1 amide bonds. The van der Waals surface area contributed by atoms with E-state index in [-0.39, 0.29) is 11.3 Å². The van der Waals surface area contributed by atoms with Crippen molar-refractivity contribution < 1.29 is 4.79 Å². The number of amides is 1. The van der Waals surface area contributed by atoms with Gasteiger partial charge >= 0.3 is 0 Å². The molecule has 5 heteroatoms. The van der Waals surface area contributed by atoms with Crippen LogP contribution in [0.15, 0.2) is 6.20 Å². The predicted molar refractivity (Wildman–Crippen MR) is 76.5 cm³/mol. The first kappa shape index (κ1) is 14.4. The molecule has 19 heavy (non-hydrogen) atoms. The van der Waals surface area contributed by atoms with Crippen LogP contribution in [0.3, 0.4) is 0 Å². The number of carbonyl (C=O) groups is 1. The number of halogens is 1. The number of alkyl halides is 1. The fraction of sp³-hybridized carbons (Fsp3) is 0.714. The van der Waals surface area contributed by atoms with Crippen LogP contribution in [0.25, 0.3) is 0 Å². The smallest absolute Gasteiger partial charge is 0.254 e. The molecule has 1 aliphatic carbocycles. The average molecular weight is 284 g/mol. The van der Waals surface area contributed by atoms with E-state index >= 15 is 0 Å². The van der Waals surface area contributed by atoms with Crippen LogP contribution >= 0.6 is 11.6 Å². The minimum absolute atomic E-state index is 0.0411. The van der Waals surface area contributed by atoms with Crippen molar-refractivity contribution in [2.45, 2.75) is 39.0 Å². The van der Waals surface area contributed by atoms with Crippen LogP contribution in [0.1, 0.15) is 48.2 Å². The third-order valence-electron chi connectivity index (χ3n) is 4.08. The fourth-order valence-electron chi connectivity index (χ4n) is 2.84. The molecule has 1 fully saturated rings. The van der Waals surface area contributed by atoms with Crippen molar-refractivity contribution in [3.8, 4) is 0 Å². The lowest BCUT2D eigenvalue weighted by molar-refractivity contribution is 0.0920. The molecule has 0 bridgehead atoms. The number of carbonyl (C=O) groups excluding carboxylic acids is 1. The SMILES string of the molecule is Cc1nn(C)cc1C(=O)NCC1(CCl)CCCCC1. The van der Waals surface area contributed by atoms with E-state index in [2.05, 4.69) is 10.4 Å². The topological polar surface area (TPSA) is 46.9 Å². The van der Waals surface area contributed by atoms with Gasteiger partial charge in [0, 0.05) is 31.1 Å². The molecule has 1 N–H and O–H groups in total. The molecule has 4 nitrogen and oxygen atoms in total. The largest absolute Gasteiger partial charge is 0.351 e. The molecule has 1 aromatic heterocycles. The third kappa shape index (κ3) is 3.30. The van der Waals surface area contributed by atoms with E-state index in [1.54, 1.807) is 10.9 Å². The Morgan fingerprint density at radius 2 is 2.16 bits per heavy atom. The summed E-state index contributed by atoms with van der Waals surface area (Å²) in [7, 11) is 1.82. The van der Waals surface area contributed by atoms with Gasteiger partial charge in [-0.25, -0.2) is 0 Å². The Labute approximate surface area is 119 Å². The third-order valence-corrected chi connectivity index (χ3v) is 4.65. The second-order valence-electron chi connectivity index (χ2n) is 5.68. The number of nitrogens with zero attached hydrogens (tertiary/aromatic N) is 2. The number of nitrogens with one attached hydrogen (secondary N) is 1. The molecule has 1 saturated carbocycles. The summed E-state index contributed by atoms with van der Waals surface area (Å²) in [6.07, 6.45) is 7.71. The summed E-state index contributed by atoms with van der Waals surface area (Å²) in [5, 5.41) is 7.23. The molecular weight excluding hydrogens is 262 g/mol. The van der Waals surface area contributed by atoms with Gasteiger partial charge in [0.25, 0.3) is 5.91 Å². The molecular formula is C14H22ClN3O. The number of aryl methyl sites for hydroxylation is 2. The van der Waals surface area contributed by atoms with Crippen molar-refractivity contribution in [3.63, 3.8) is 0 Å². The Balaban J connectivity index is 1.97. The highest BCUT2D eigenvalue weighted by Crippen LogP contribution is 2.36. The maximum atomic E-state index is 12.2. The van der Waals surface area contributed by atoms with E-state index in [4.69, 9.17) is 11.6 Å². The highest BCUT2D eigenvalue weighted by atomic mass is 35.5. The zero-order chi connectivity index (χ0) is 13.9. The van der Waals surface area contributed by atoms with Crippen LogP contribution in [0.4, 0.5) is 0 Å². The van der Waals surface area contributed by atoms with E-state index in [0.29, 0.717) is 18.0 Å². The van der Waals surface area contributed by atoms with E-state index in [0.717, 1.165) is 18.5 Å². The molecule has 1 aromatic rings. The number of aromatic nitrogens is 2. The van der Waals surface area contributed by atoms with Gasteiger partial charge in [-0.15, -0.1) is 11.6 Å². The molecule has 0 spiro atoms. The van der Waals surface area contributed by atoms with E-state index < -0.39 is 0 Å². The van der Waals surface area contributed by atoms with Gasteiger partial charge in [-0.1, -0.05) is 19.3 Å². The second kappa shape index (κ2) is 5.95. The average Bonchev–Trinajstić information content (AvgIpc) is 2.76. The number of hydrogen-bond donors (Lipinski definition) is 1. The van der Waals surface area contributed by atoms with Gasteiger partial charge in [0.05, 0.1) is 11.3 Å². The zero-order valence-electron chi connectivity index (χ0n) is 11.7. The summed E-state index contributed by atoms with van der Waals surface area (Å²) in [4.78, 5) is 12.2. The van der Waals surface area contributed by atoms with Crippen molar-refractivity contribution in [1.29, 1.82) is 0 Å². The number of rotatable bonds is 4. The van der Waals surface area contributed by atoms with Gasteiger partial charge in [0.2, 0.25) is 0 Å². The molecule has 1 heterocycles. The maximum Gasteiger partial charge on any atom is 0.254 e. The van der Waals surface area contributed by atoms with Gasteiger partial charge in [0.15, 0.2) is 0 Å². The summed E-state index contributed by atoms with van der Waals surface area (Å²) in [5.41, 5.74) is 1.51. The van der Waals surface area contributed by atoms with Crippen molar-refractivity contribution in [3.05, 3.63) is 17.5 Å².